The van der Waals surface area contributed by atoms with Gasteiger partial charge >= 0.3 is 12.1 Å². The number of hydrogen-bond acceptors (Lipinski definition) is 6. The zero-order chi connectivity index (χ0) is 28.5. The van der Waals surface area contributed by atoms with Crippen LogP contribution in [0.25, 0.3) is 22.2 Å². The minimum atomic E-state index is -4.70. The standard InChI is InChI=1S/C25H20ClF5N4O4/c1-12-5-14-18(38-2)8-16(27)22(28)23(14)35(12)4-3-32-20-9-17(33-11-34-20)13-6-15(26)21(24(36)37)19(7-13)39-10-25(29,30)31/h5-9,11H,3-4,10H2,1-2H3,(H,36,37)(H,32,33,34). The largest absolute Gasteiger partial charge is 0.496 e. The van der Waals surface area contributed by atoms with Crippen molar-refractivity contribution >= 4 is 34.3 Å². The number of nitrogens with one attached hydrogen (secondary N) is 1. The van der Waals surface area contributed by atoms with Gasteiger partial charge in [-0.2, -0.15) is 13.2 Å². The van der Waals surface area contributed by atoms with Crippen molar-refractivity contribution in [1.82, 2.24) is 14.5 Å². The number of benzene rings is 2. The summed E-state index contributed by atoms with van der Waals surface area (Å²) >= 11 is 6.05. The van der Waals surface area contributed by atoms with Gasteiger partial charge in [0.15, 0.2) is 18.2 Å². The first-order valence-electron chi connectivity index (χ1n) is 11.2. The Morgan fingerprint density at radius 3 is 2.54 bits per heavy atom. The smallest absolute Gasteiger partial charge is 0.422 e. The molecule has 2 N–H and O–H groups in total. The molecule has 2 heterocycles. The minimum Gasteiger partial charge on any atom is -0.496 e. The van der Waals surface area contributed by atoms with Crippen molar-refractivity contribution in [2.45, 2.75) is 19.6 Å². The van der Waals surface area contributed by atoms with Crippen LogP contribution in [0, 0.1) is 18.6 Å². The van der Waals surface area contributed by atoms with Crippen molar-refractivity contribution in [3.63, 3.8) is 0 Å². The van der Waals surface area contributed by atoms with E-state index in [2.05, 4.69) is 15.3 Å². The molecule has 0 unspecified atom stereocenters. The van der Waals surface area contributed by atoms with Gasteiger partial charge in [-0.05, 0) is 25.1 Å². The van der Waals surface area contributed by atoms with Crippen LogP contribution in [0.1, 0.15) is 16.1 Å². The van der Waals surface area contributed by atoms with Crippen molar-refractivity contribution in [3.8, 4) is 22.8 Å². The van der Waals surface area contributed by atoms with E-state index < -0.39 is 41.7 Å². The van der Waals surface area contributed by atoms with Crippen LogP contribution in [0.5, 0.6) is 11.5 Å². The van der Waals surface area contributed by atoms with Gasteiger partial charge in [-0.3, -0.25) is 0 Å². The zero-order valence-corrected chi connectivity index (χ0v) is 21.1. The average molecular weight is 571 g/mol. The second-order valence-electron chi connectivity index (χ2n) is 8.33. The Labute approximate surface area is 223 Å². The number of carboxylic acids is 1. The van der Waals surface area contributed by atoms with Gasteiger partial charge in [0.1, 0.15) is 29.2 Å². The van der Waals surface area contributed by atoms with Gasteiger partial charge in [0, 0.05) is 41.9 Å². The maximum Gasteiger partial charge on any atom is 0.422 e. The fourth-order valence-corrected chi connectivity index (χ4v) is 4.34. The number of carboxylic acid groups (broad SMARTS) is 1. The maximum atomic E-state index is 14.6. The van der Waals surface area contributed by atoms with E-state index in [1.807, 2.05) is 0 Å². The number of aromatic nitrogens is 3. The number of methoxy groups -OCH3 is 1. The Bertz CT molecular complexity index is 1560. The predicted molar refractivity (Wildman–Crippen MR) is 133 cm³/mol. The molecule has 0 aliphatic carbocycles. The molecule has 0 amide bonds. The molecule has 2 aromatic heterocycles. The topological polar surface area (TPSA) is 98.5 Å². The third-order valence-electron chi connectivity index (χ3n) is 5.73. The number of carbonyl (C=O) groups is 1. The molecule has 0 spiro atoms. The molecule has 14 heteroatoms. The highest BCUT2D eigenvalue weighted by Crippen LogP contribution is 2.35. The molecule has 0 atom stereocenters. The van der Waals surface area contributed by atoms with Gasteiger partial charge in [-0.15, -0.1) is 0 Å². The van der Waals surface area contributed by atoms with Crippen LogP contribution in [-0.4, -0.2) is 52.0 Å². The summed E-state index contributed by atoms with van der Waals surface area (Å²) in [6.07, 6.45) is -3.52. The van der Waals surface area contributed by atoms with Crippen molar-refractivity contribution in [2.75, 3.05) is 25.6 Å². The van der Waals surface area contributed by atoms with E-state index in [0.29, 0.717) is 16.9 Å². The molecule has 0 radical (unpaired) electrons. The molecule has 2 aromatic carbocycles. The molecule has 0 aliphatic rings. The SMILES string of the molecule is COc1cc(F)c(F)c2c1cc(C)n2CCNc1cc(-c2cc(Cl)c(C(=O)O)c(OCC(F)(F)F)c2)ncn1. The van der Waals surface area contributed by atoms with Gasteiger partial charge in [0.25, 0.3) is 0 Å². The molecule has 206 valence electrons. The van der Waals surface area contributed by atoms with Gasteiger partial charge in [-0.1, -0.05) is 11.6 Å². The highest BCUT2D eigenvalue weighted by molar-refractivity contribution is 6.34. The average Bonchev–Trinajstić information content (AvgIpc) is 3.20. The number of hydrogen-bond donors (Lipinski definition) is 2. The van der Waals surface area contributed by atoms with Crippen LogP contribution in [0.15, 0.2) is 36.7 Å². The summed E-state index contributed by atoms with van der Waals surface area (Å²) in [6, 6.07) is 6.45. The number of halogens is 6. The molecule has 0 aliphatic heterocycles. The van der Waals surface area contributed by atoms with Crippen LogP contribution < -0.4 is 14.8 Å². The number of nitrogens with zero attached hydrogens (tertiary/aromatic N) is 3. The summed E-state index contributed by atoms with van der Waals surface area (Å²) in [5.74, 6) is -3.68. The van der Waals surface area contributed by atoms with Crippen LogP contribution in [0.2, 0.25) is 5.02 Å². The highest BCUT2D eigenvalue weighted by Gasteiger charge is 2.30. The van der Waals surface area contributed by atoms with Crippen LogP contribution >= 0.6 is 11.6 Å². The molecule has 4 aromatic rings. The number of alkyl halides is 3. The molecule has 0 saturated heterocycles. The summed E-state index contributed by atoms with van der Waals surface area (Å²) in [4.78, 5) is 19.7. The number of aromatic carboxylic acids is 1. The van der Waals surface area contributed by atoms with Crippen molar-refractivity contribution in [3.05, 3.63) is 64.6 Å². The Morgan fingerprint density at radius 2 is 1.87 bits per heavy atom. The summed E-state index contributed by atoms with van der Waals surface area (Å²) in [6.45, 7) is 0.459. The number of rotatable bonds is 9. The fraction of sp³-hybridized carbons (Fsp3) is 0.240. The lowest BCUT2D eigenvalue weighted by Gasteiger charge is -2.14. The van der Waals surface area contributed by atoms with E-state index in [1.54, 1.807) is 17.6 Å². The third kappa shape index (κ3) is 5.98. The van der Waals surface area contributed by atoms with E-state index >= 15 is 0 Å². The normalized spacial score (nSPS) is 11.6. The molecular formula is C25H20ClF5N4O4. The van der Waals surface area contributed by atoms with Gasteiger partial charge < -0.3 is 24.5 Å². The van der Waals surface area contributed by atoms with E-state index in [0.717, 1.165) is 12.1 Å². The first kappa shape index (κ1) is 27.9. The number of aryl methyl sites for hydroxylation is 1. The molecule has 0 fully saturated rings. The fourth-order valence-electron chi connectivity index (χ4n) is 4.05. The van der Waals surface area contributed by atoms with Crippen molar-refractivity contribution in [1.29, 1.82) is 0 Å². The Kier molecular flexibility index (Phi) is 7.82. The number of ether oxygens (including phenoxy) is 2. The van der Waals surface area contributed by atoms with E-state index in [4.69, 9.17) is 21.1 Å². The molecule has 0 bridgehead atoms. The van der Waals surface area contributed by atoms with E-state index in [9.17, 15) is 31.9 Å². The van der Waals surface area contributed by atoms with Crippen LogP contribution in [0.3, 0.4) is 0 Å². The van der Waals surface area contributed by atoms with Crippen LogP contribution in [0.4, 0.5) is 27.8 Å². The monoisotopic (exact) mass is 570 g/mol. The van der Waals surface area contributed by atoms with E-state index in [-0.39, 0.29) is 40.6 Å². The number of fused-ring (bicyclic) bond motifs is 1. The summed E-state index contributed by atoms with van der Waals surface area (Å²) in [7, 11) is 1.36. The zero-order valence-electron chi connectivity index (χ0n) is 20.4. The second kappa shape index (κ2) is 10.9. The molecule has 39 heavy (non-hydrogen) atoms. The second-order valence-corrected chi connectivity index (χ2v) is 8.74. The molecular weight excluding hydrogens is 551 g/mol. The molecule has 0 saturated carbocycles. The molecule has 4 rings (SSSR count). The van der Waals surface area contributed by atoms with Crippen molar-refractivity contribution < 1.29 is 41.3 Å². The van der Waals surface area contributed by atoms with Gasteiger partial charge in [-0.25, -0.2) is 23.5 Å². The maximum absolute atomic E-state index is 14.6. The number of anilines is 1. The van der Waals surface area contributed by atoms with E-state index in [1.165, 1.54) is 25.6 Å². The first-order chi connectivity index (χ1) is 18.4. The predicted octanol–water partition coefficient (Wildman–Crippen LogP) is 6.10. The molecule has 8 nitrogen and oxygen atoms in total. The lowest BCUT2D eigenvalue weighted by atomic mass is 10.1. The van der Waals surface area contributed by atoms with Gasteiger partial charge in [0.2, 0.25) is 0 Å². The summed E-state index contributed by atoms with van der Waals surface area (Å²) in [5.41, 5.74) is 0.492. The quantitative estimate of drug-likeness (QED) is 0.235. The Balaban J connectivity index is 1.57. The van der Waals surface area contributed by atoms with Gasteiger partial charge in [0.05, 0.1) is 23.3 Å². The summed E-state index contributed by atoms with van der Waals surface area (Å²) < 4.78 is 78.2. The lowest BCUT2D eigenvalue weighted by molar-refractivity contribution is -0.153. The third-order valence-corrected chi connectivity index (χ3v) is 6.03. The lowest BCUT2D eigenvalue weighted by Crippen LogP contribution is -2.20. The van der Waals surface area contributed by atoms with Crippen LogP contribution in [-0.2, 0) is 6.54 Å². The first-order valence-corrected chi connectivity index (χ1v) is 11.6. The summed E-state index contributed by atoms with van der Waals surface area (Å²) in [5, 5.41) is 12.5. The Morgan fingerprint density at radius 1 is 1.13 bits per heavy atom. The Hall–Kier alpha value is -4.13. The van der Waals surface area contributed by atoms with Crippen molar-refractivity contribution in [2.24, 2.45) is 0 Å². The highest BCUT2D eigenvalue weighted by atomic mass is 35.5. The minimum absolute atomic E-state index is 0.0501.